The lowest BCUT2D eigenvalue weighted by atomic mass is 10.1. The van der Waals surface area contributed by atoms with E-state index in [9.17, 15) is 9.59 Å². The second-order valence-electron chi connectivity index (χ2n) is 7.89. The molecule has 0 spiro atoms. The molecule has 168 valence electrons. The predicted octanol–water partition coefficient (Wildman–Crippen LogP) is 1.17. The molecule has 11 heteroatoms. The van der Waals surface area contributed by atoms with Gasteiger partial charge in [-0.25, -0.2) is 0 Å². The zero-order valence-corrected chi connectivity index (χ0v) is 19.4. The summed E-state index contributed by atoms with van der Waals surface area (Å²) in [6.07, 6.45) is 0.872. The second kappa shape index (κ2) is 12.3. The van der Waals surface area contributed by atoms with Crippen molar-refractivity contribution in [3.05, 3.63) is 11.7 Å². The first-order chi connectivity index (χ1) is 12.7. The fourth-order valence-corrected chi connectivity index (χ4v) is 2.94. The van der Waals surface area contributed by atoms with Gasteiger partial charge in [0.05, 0.1) is 19.1 Å². The maximum atomic E-state index is 12.4. The van der Waals surface area contributed by atoms with Gasteiger partial charge in [-0.3, -0.25) is 14.5 Å². The standard InChI is InChI=1S/C18H32N6O3.2ClH/c1-11(2)16(19)17(26)20-8-15(25)24-7-6-13(9-24)23(5)10-14-21-18(12(3)4)27-22-14;;/h11-13,16H,6-10,19H2,1-5H3,(H,20,26);2*1H/t13?,16-;;/m0../s1. The van der Waals surface area contributed by atoms with Crippen molar-refractivity contribution in [2.75, 3.05) is 26.7 Å². The summed E-state index contributed by atoms with van der Waals surface area (Å²) < 4.78 is 5.24. The molecule has 0 bridgehead atoms. The van der Waals surface area contributed by atoms with E-state index in [4.69, 9.17) is 10.3 Å². The Morgan fingerprint density at radius 2 is 1.97 bits per heavy atom. The van der Waals surface area contributed by atoms with Gasteiger partial charge in [-0.05, 0) is 19.4 Å². The van der Waals surface area contributed by atoms with Gasteiger partial charge in [0.2, 0.25) is 17.7 Å². The molecule has 9 nitrogen and oxygen atoms in total. The monoisotopic (exact) mass is 452 g/mol. The molecule has 1 aromatic rings. The topological polar surface area (TPSA) is 118 Å². The maximum absolute atomic E-state index is 12.4. The fraction of sp³-hybridized carbons (Fsp3) is 0.778. The summed E-state index contributed by atoms with van der Waals surface area (Å²) in [6, 6.07) is -0.371. The Labute approximate surface area is 184 Å². The van der Waals surface area contributed by atoms with E-state index in [-0.39, 0.29) is 61.1 Å². The Balaban J connectivity index is 0.00000392. The number of likely N-dealkylation sites (tertiary alicyclic amines) is 1. The normalized spacial score (nSPS) is 17.3. The van der Waals surface area contributed by atoms with Crippen LogP contribution in [-0.4, -0.2) is 70.5 Å². The molecule has 1 saturated heterocycles. The van der Waals surface area contributed by atoms with Crippen molar-refractivity contribution >= 4 is 36.6 Å². The zero-order valence-electron chi connectivity index (χ0n) is 17.8. The van der Waals surface area contributed by atoms with Crippen LogP contribution < -0.4 is 11.1 Å². The van der Waals surface area contributed by atoms with Crippen molar-refractivity contribution in [1.82, 2.24) is 25.3 Å². The van der Waals surface area contributed by atoms with Crippen LogP contribution in [0.25, 0.3) is 0 Å². The second-order valence-corrected chi connectivity index (χ2v) is 7.89. The number of hydrogen-bond acceptors (Lipinski definition) is 7. The molecule has 1 aliphatic heterocycles. The molecular formula is C18H34Cl2N6O3. The highest BCUT2D eigenvalue weighted by Gasteiger charge is 2.30. The highest BCUT2D eigenvalue weighted by Crippen LogP contribution is 2.17. The highest BCUT2D eigenvalue weighted by molar-refractivity contribution is 5.87. The zero-order chi connectivity index (χ0) is 20.1. The number of nitrogens with two attached hydrogens (primary N) is 1. The summed E-state index contributed by atoms with van der Waals surface area (Å²) in [5.41, 5.74) is 5.79. The van der Waals surface area contributed by atoms with E-state index < -0.39 is 6.04 Å². The minimum absolute atomic E-state index is 0. The third kappa shape index (κ3) is 7.73. The van der Waals surface area contributed by atoms with E-state index in [1.54, 1.807) is 4.90 Å². The number of likely N-dealkylation sites (N-methyl/N-ethyl adjacent to an activating group) is 1. The summed E-state index contributed by atoms with van der Waals surface area (Å²) in [4.78, 5) is 32.6. The average Bonchev–Trinajstić information content (AvgIpc) is 3.28. The highest BCUT2D eigenvalue weighted by atomic mass is 35.5. The van der Waals surface area contributed by atoms with Gasteiger partial charge in [-0.15, -0.1) is 24.8 Å². The lowest BCUT2D eigenvalue weighted by Crippen LogP contribution is -2.48. The molecule has 29 heavy (non-hydrogen) atoms. The molecule has 1 fully saturated rings. The average molecular weight is 453 g/mol. The lowest BCUT2D eigenvalue weighted by molar-refractivity contribution is -0.132. The number of nitrogens with one attached hydrogen (secondary N) is 1. The number of hydrogen-bond donors (Lipinski definition) is 2. The van der Waals surface area contributed by atoms with Gasteiger partial charge in [-0.1, -0.05) is 32.9 Å². The van der Waals surface area contributed by atoms with Crippen LogP contribution in [-0.2, 0) is 16.1 Å². The first kappa shape index (κ1) is 27.6. The van der Waals surface area contributed by atoms with Crippen molar-refractivity contribution in [3.8, 4) is 0 Å². The van der Waals surface area contributed by atoms with Gasteiger partial charge >= 0.3 is 0 Å². The maximum Gasteiger partial charge on any atom is 0.242 e. The number of amides is 2. The summed E-state index contributed by atoms with van der Waals surface area (Å²) in [6.45, 7) is 9.62. The Bertz CT molecular complexity index is 655. The van der Waals surface area contributed by atoms with Crippen LogP contribution in [0.4, 0.5) is 0 Å². The van der Waals surface area contributed by atoms with E-state index >= 15 is 0 Å². The smallest absolute Gasteiger partial charge is 0.242 e. The van der Waals surface area contributed by atoms with Crippen LogP contribution in [0.2, 0.25) is 0 Å². The number of carbonyl (C=O) groups is 2. The van der Waals surface area contributed by atoms with E-state index in [0.717, 1.165) is 6.42 Å². The van der Waals surface area contributed by atoms with Gasteiger partial charge in [0.1, 0.15) is 0 Å². The predicted molar refractivity (Wildman–Crippen MR) is 115 cm³/mol. The third-order valence-corrected chi connectivity index (χ3v) is 4.94. The minimum atomic E-state index is -0.596. The molecule has 3 N–H and O–H groups in total. The van der Waals surface area contributed by atoms with E-state index in [1.807, 2.05) is 34.7 Å². The summed E-state index contributed by atoms with van der Waals surface area (Å²) >= 11 is 0. The Morgan fingerprint density at radius 1 is 1.31 bits per heavy atom. The summed E-state index contributed by atoms with van der Waals surface area (Å²) in [7, 11) is 1.99. The van der Waals surface area contributed by atoms with Gasteiger partial charge in [0.15, 0.2) is 5.82 Å². The van der Waals surface area contributed by atoms with Gasteiger partial charge in [0, 0.05) is 25.0 Å². The Kier molecular flexibility index (Phi) is 11.7. The molecule has 2 rings (SSSR count). The molecule has 1 unspecified atom stereocenters. The number of aromatic nitrogens is 2. The minimum Gasteiger partial charge on any atom is -0.346 e. The van der Waals surface area contributed by atoms with Crippen molar-refractivity contribution < 1.29 is 14.1 Å². The van der Waals surface area contributed by atoms with Crippen molar-refractivity contribution in [2.24, 2.45) is 11.7 Å². The molecular weight excluding hydrogens is 419 g/mol. The van der Waals surface area contributed by atoms with Crippen LogP contribution in [0.1, 0.15) is 51.7 Å². The van der Waals surface area contributed by atoms with Crippen molar-refractivity contribution in [1.29, 1.82) is 0 Å². The number of nitrogens with zero attached hydrogens (tertiary/aromatic N) is 4. The molecule has 0 saturated carbocycles. The van der Waals surface area contributed by atoms with Crippen LogP contribution in [0.3, 0.4) is 0 Å². The lowest BCUT2D eigenvalue weighted by Gasteiger charge is -2.23. The Hall–Kier alpha value is -1.42. The van der Waals surface area contributed by atoms with E-state index in [1.165, 1.54) is 0 Å². The van der Waals surface area contributed by atoms with Gasteiger partial charge < -0.3 is 20.5 Å². The largest absolute Gasteiger partial charge is 0.346 e. The number of halogens is 2. The molecule has 0 aromatic carbocycles. The molecule has 2 amide bonds. The van der Waals surface area contributed by atoms with Crippen LogP contribution in [0, 0.1) is 5.92 Å². The number of carbonyl (C=O) groups excluding carboxylic acids is 2. The van der Waals surface area contributed by atoms with E-state index in [2.05, 4.69) is 20.4 Å². The van der Waals surface area contributed by atoms with Crippen LogP contribution in [0.5, 0.6) is 0 Å². The molecule has 1 aromatic heterocycles. The summed E-state index contributed by atoms with van der Waals surface area (Å²) in [5.74, 6) is 1.15. The fourth-order valence-electron chi connectivity index (χ4n) is 2.94. The van der Waals surface area contributed by atoms with Crippen LogP contribution in [0.15, 0.2) is 4.52 Å². The van der Waals surface area contributed by atoms with E-state index in [0.29, 0.717) is 31.3 Å². The first-order valence-corrected chi connectivity index (χ1v) is 9.52. The summed E-state index contributed by atoms with van der Waals surface area (Å²) in [5, 5.41) is 6.65. The van der Waals surface area contributed by atoms with Gasteiger partial charge in [0.25, 0.3) is 0 Å². The van der Waals surface area contributed by atoms with Crippen molar-refractivity contribution in [3.63, 3.8) is 0 Å². The van der Waals surface area contributed by atoms with Crippen LogP contribution >= 0.6 is 24.8 Å². The third-order valence-electron chi connectivity index (χ3n) is 4.94. The molecule has 2 heterocycles. The van der Waals surface area contributed by atoms with Gasteiger partial charge in [-0.2, -0.15) is 4.98 Å². The molecule has 0 radical (unpaired) electrons. The molecule has 0 aliphatic carbocycles. The quantitative estimate of drug-likeness (QED) is 0.607. The number of rotatable bonds is 8. The SMILES string of the molecule is CC(C)c1nc(CN(C)C2CCN(C(=O)CNC(=O)[C@@H](N)C(C)C)C2)no1.Cl.Cl. The Morgan fingerprint density at radius 3 is 2.52 bits per heavy atom. The molecule has 2 atom stereocenters. The van der Waals surface area contributed by atoms with Crippen molar-refractivity contribution in [2.45, 2.75) is 58.7 Å². The molecule has 1 aliphatic rings. The first-order valence-electron chi connectivity index (χ1n) is 9.52.